The van der Waals surface area contributed by atoms with Crippen LogP contribution in [-0.2, 0) is 19.4 Å². The largest absolute Gasteiger partial charge is 0.395 e. The van der Waals surface area contributed by atoms with Gasteiger partial charge in [-0.25, -0.2) is 0 Å². The van der Waals surface area contributed by atoms with Crippen molar-refractivity contribution in [3.8, 4) is 0 Å². The molecule has 2 aromatic carbocycles. The highest BCUT2D eigenvalue weighted by atomic mass is 16.3. The summed E-state index contributed by atoms with van der Waals surface area (Å²) in [5.74, 6) is 0. The highest BCUT2D eigenvalue weighted by Gasteiger charge is 2.46. The van der Waals surface area contributed by atoms with Crippen LogP contribution in [0.25, 0.3) is 0 Å². The predicted molar refractivity (Wildman–Crippen MR) is 107 cm³/mol. The molecule has 1 aliphatic heterocycles. The SMILES string of the molecule is CCCCc1ccc(CN2[C@H](CO)[C@@H](O)[C@@H](O)[C@@H]2Cc2ccccc2)cc1. The zero-order valence-corrected chi connectivity index (χ0v) is 16.0. The summed E-state index contributed by atoms with van der Waals surface area (Å²) in [6.45, 7) is 2.63. The Bertz CT molecular complexity index is 689. The Labute approximate surface area is 162 Å². The maximum Gasteiger partial charge on any atom is 0.0991 e. The van der Waals surface area contributed by atoms with Crippen molar-refractivity contribution in [1.29, 1.82) is 0 Å². The molecule has 3 N–H and O–H groups in total. The van der Waals surface area contributed by atoms with Crippen LogP contribution >= 0.6 is 0 Å². The van der Waals surface area contributed by atoms with Crippen molar-refractivity contribution in [3.05, 3.63) is 71.3 Å². The Morgan fingerprint density at radius 3 is 2.07 bits per heavy atom. The van der Waals surface area contributed by atoms with Gasteiger partial charge in [-0.1, -0.05) is 67.9 Å². The summed E-state index contributed by atoms with van der Waals surface area (Å²) in [5.41, 5.74) is 3.59. The maximum absolute atomic E-state index is 10.6. The molecular formula is C23H31NO3. The molecule has 1 heterocycles. The molecule has 2 aromatic rings. The monoisotopic (exact) mass is 369 g/mol. The van der Waals surface area contributed by atoms with Gasteiger partial charge in [0.05, 0.1) is 24.9 Å². The van der Waals surface area contributed by atoms with Crippen LogP contribution in [0.3, 0.4) is 0 Å². The molecule has 146 valence electrons. The third-order valence-electron chi connectivity index (χ3n) is 5.67. The average Bonchev–Trinajstić information content (AvgIpc) is 2.92. The molecule has 4 heteroatoms. The van der Waals surface area contributed by atoms with Crippen molar-refractivity contribution in [2.45, 2.75) is 63.4 Å². The topological polar surface area (TPSA) is 63.9 Å². The van der Waals surface area contributed by atoms with Crippen molar-refractivity contribution >= 4 is 0 Å². The average molecular weight is 370 g/mol. The number of likely N-dealkylation sites (tertiary alicyclic amines) is 1. The summed E-state index contributed by atoms with van der Waals surface area (Å²) in [6, 6.07) is 17.9. The van der Waals surface area contributed by atoms with E-state index < -0.39 is 18.2 Å². The van der Waals surface area contributed by atoms with Gasteiger partial charge in [-0.3, -0.25) is 4.90 Å². The Balaban J connectivity index is 1.76. The molecule has 0 aromatic heterocycles. The lowest BCUT2D eigenvalue weighted by Crippen LogP contribution is -2.41. The molecule has 0 amide bonds. The second-order valence-electron chi connectivity index (χ2n) is 7.58. The number of rotatable bonds is 8. The van der Waals surface area contributed by atoms with Crippen LogP contribution < -0.4 is 0 Å². The lowest BCUT2D eigenvalue weighted by atomic mass is 10.0. The van der Waals surface area contributed by atoms with Crippen LogP contribution in [0, 0.1) is 0 Å². The van der Waals surface area contributed by atoms with E-state index in [0.717, 1.165) is 17.5 Å². The highest BCUT2D eigenvalue weighted by Crippen LogP contribution is 2.29. The quantitative estimate of drug-likeness (QED) is 0.669. The van der Waals surface area contributed by atoms with Crippen molar-refractivity contribution in [3.63, 3.8) is 0 Å². The number of nitrogens with zero attached hydrogens (tertiary/aromatic N) is 1. The third kappa shape index (κ3) is 4.77. The summed E-state index contributed by atoms with van der Waals surface area (Å²) < 4.78 is 0. The van der Waals surface area contributed by atoms with Crippen molar-refractivity contribution < 1.29 is 15.3 Å². The summed E-state index contributed by atoms with van der Waals surface area (Å²) in [6.07, 6.45) is 2.30. The number of unbranched alkanes of at least 4 members (excludes halogenated alkanes) is 1. The van der Waals surface area contributed by atoms with Gasteiger partial charge in [0, 0.05) is 12.6 Å². The van der Waals surface area contributed by atoms with Crippen LogP contribution in [0.2, 0.25) is 0 Å². The Morgan fingerprint density at radius 2 is 1.44 bits per heavy atom. The predicted octanol–water partition coefficient (Wildman–Crippen LogP) is 2.54. The fourth-order valence-electron chi connectivity index (χ4n) is 4.04. The summed E-state index contributed by atoms with van der Waals surface area (Å²) in [5, 5.41) is 30.9. The van der Waals surface area contributed by atoms with Crippen molar-refractivity contribution in [2.24, 2.45) is 0 Å². The van der Waals surface area contributed by atoms with Gasteiger partial charge >= 0.3 is 0 Å². The Morgan fingerprint density at radius 1 is 0.815 bits per heavy atom. The van der Waals surface area contributed by atoms with Crippen LogP contribution in [0.5, 0.6) is 0 Å². The number of aliphatic hydroxyl groups is 3. The van der Waals surface area contributed by atoms with Gasteiger partial charge in [0.15, 0.2) is 0 Å². The van der Waals surface area contributed by atoms with E-state index in [1.165, 1.54) is 18.4 Å². The first-order valence-electron chi connectivity index (χ1n) is 9.98. The summed E-state index contributed by atoms with van der Waals surface area (Å²) >= 11 is 0. The fraction of sp³-hybridized carbons (Fsp3) is 0.478. The smallest absolute Gasteiger partial charge is 0.0991 e. The van der Waals surface area contributed by atoms with Crippen molar-refractivity contribution in [1.82, 2.24) is 4.90 Å². The minimum Gasteiger partial charge on any atom is -0.395 e. The Hall–Kier alpha value is -1.72. The van der Waals surface area contributed by atoms with E-state index >= 15 is 0 Å². The second kappa shape index (κ2) is 9.47. The van der Waals surface area contributed by atoms with Gasteiger partial charge in [0.25, 0.3) is 0 Å². The molecule has 0 bridgehead atoms. The zero-order chi connectivity index (χ0) is 19.2. The molecule has 0 spiro atoms. The van der Waals surface area contributed by atoms with Gasteiger partial charge in [-0.2, -0.15) is 0 Å². The van der Waals surface area contributed by atoms with Crippen molar-refractivity contribution in [2.75, 3.05) is 6.61 Å². The minimum atomic E-state index is -0.937. The van der Waals surface area contributed by atoms with E-state index in [-0.39, 0.29) is 12.6 Å². The molecule has 0 unspecified atom stereocenters. The number of hydrogen-bond acceptors (Lipinski definition) is 4. The second-order valence-corrected chi connectivity index (χ2v) is 7.58. The van der Waals surface area contributed by atoms with Crippen LogP contribution in [0.1, 0.15) is 36.5 Å². The lowest BCUT2D eigenvalue weighted by Gasteiger charge is -2.30. The molecule has 0 saturated carbocycles. The first kappa shape index (κ1) is 20.0. The van der Waals surface area contributed by atoms with Gasteiger partial charge in [-0.05, 0) is 36.0 Å². The zero-order valence-electron chi connectivity index (χ0n) is 16.0. The van der Waals surface area contributed by atoms with E-state index in [1.54, 1.807) is 0 Å². The lowest BCUT2D eigenvalue weighted by molar-refractivity contribution is 0.0178. The van der Waals surface area contributed by atoms with E-state index in [9.17, 15) is 15.3 Å². The minimum absolute atomic E-state index is 0.169. The molecule has 1 fully saturated rings. The molecular weight excluding hydrogens is 338 g/mol. The van der Waals surface area contributed by atoms with Crippen LogP contribution in [0.15, 0.2) is 54.6 Å². The fourth-order valence-corrected chi connectivity index (χ4v) is 4.04. The van der Waals surface area contributed by atoms with E-state index in [2.05, 4.69) is 36.1 Å². The summed E-state index contributed by atoms with van der Waals surface area (Å²) in [7, 11) is 0. The molecule has 0 aliphatic carbocycles. The van der Waals surface area contributed by atoms with E-state index in [1.807, 2.05) is 30.3 Å². The molecule has 3 rings (SSSR count). The maximum atomic E-state index is 10.6. The van der Waals surface area contributed by atoms with E-state index in [4.69, 9.17) is 0 Å². The standard InChI is InChI=1S/C23H31NO3/c1-2-3-7-17-10-12-19(13-11-17)15-24-20(14-18-8-5-4-6-9-18)22(26)23(27)21(24)16-25/h4-6,8-13,20-23,25-27H,2-3,7,14-16H2,1H3/t20-,21+,22-,23+/m0/s1. The highest BCUT2D eigenvalue weighted by molar-refractivity contribution is 5.24. The molecule has 1 saturated heterocycles. The van der Waals surface area contributed by atoms with Gasteiger partial charge in [0.1, 0.15) is 0 Å². The van der Waals surface area contributed by atoms with E-state index in [0.29, 0.717) is 13.0 Å². The number of benzene rings is 2. The van der Waals surface area contributed by atoms with Crippen LogP contribution in [-0.4, -0.2) is 51.1 Å². The molecule has 4 nitrogen and oxygen atoms in total. The Kier molecular flexibility index (Phi) is 7.02. The molecule has 4 atom stereocenters. The van der Waals surface area contributed by atoms with Gasteiger partial charge in [-0.15, -0.1) is 0 Å². The van der Waals surface area contributed by atoms with Crippen LogP contribution in [0.4, 0.5) is 0 Å². The summed E-state index contributed by atoms with van der Waals surface area (Å²) in [4.78, 5) is 2.06. The first-order chi connectivity index (χ1) is 13.1. The molecule has 27 heavy (non-hydrogen) atoms. The molecule has 1 aliphatic rings. The molecule has 0 radical (unpaired) electrons. The van der Waals surface area contributed by atoms with Gasteiger partial charge < -0.3 is 15.3 Å². The normalized spacial score (nSPS) is 25.8. The first-order valence-corrected chi connectivity index (χ1v) is 9.98. The third-order valence-corrected chi connectivity index (χ3v) is 5.67. The number of aryl methyl sites for hydroxylation is 1. The number of hydrogen-bond donors (Lipinski definition) is 3. The van der Waals surface area contributed by atoms with Gasteiger partial charge in [0.2, 0.25) is 0 Å². The number of aliphatic hydroxyl groups excluding tert-OH is 3.